The summed E-state index contributed by atoms with van der Waals surface area (Å²) in [7, 11) is 1.83. The number of fused-ring (bicyclic) bond motifs is 1. The van der Waals surface area contributed by atoms with E-state index in [-0.39, 0.29) is 24.0 Å². The number of hydrogen-bond acceptors (Lipinski definition) is 3. The van der Waals surface area contributed by atoms with Crippen LogP contribution in [0, 0.1) is 0 Å². The number of ether oxygens (including phenoxy) is 2. The number of hydrogen-bond donors (Lipinski definition) is 2. The second kappa shape index (κ2) is 9.32. The predicted molar refractivity (Wildman–Crippen MR) is 103 cm³/mol. The number of benzene rings is 1. The monoisotopic (exact) mass is 431 g/mol. The molecule has 3 rings (SSSR count). The van der Waals surface area contributed by atoms with E-state index < -0.39 is 0 Å². The van der Waals surface area contributed by atoms with Gasteiger partial charge in [-0.05, 0) is 30.9 Å². The molecule has 1 aromatic rings. The molecule has 6 heteroatoms. The largest absolute Gasteiger partial charge is 0.493 e. The van der Waals surface area contributed by atoms with Crippen molar-refractivity contribution in [2.75, 3.05) is 33.4 Å². The van der Waals surface area contributed by atoms with Gasteiger partial charge < -0.3 is 20.1 Å². The number of para-hydroxylation sites is 1. The summed E-state index contributed by atoms with van der Waals surface area (Å²) in [5.74, 6) is 2.38. The molecule has 0 amide bonds. The summed E-state index contributed by atoms with van der Waals surface area (Å²) in [6, 6.07) is 8.78. The summed E-state index contributed by atoms with van der Waals surface area (Å²) in [6.45, 7) is 3.34. The van der Waals surface area contributed by atoms with Crippen LogP contribution < -0.4 is 15.4 Å². The molecular formula is C17H26IN3O2. The van der Waals surface area contributed by atoms with Crippen molar-refractivity contribution in [2.45, 2.75) is 31.2 Å². The summed E-state index contributed by atoms with van der Waals surface area (Å²) in [5, 5.41) is 6.97. The van der Waals surface area contributed by atoms with Crippen LogP contribution in [0.5, 0.6) is 5.75 Å². The first-order chi connectivity index (χ1) is 10.9. The van der Waals surface area contributed by atoms with Crippen LogP contribution >= 0.6 is 24.0 Å². The molecule has 5 nitrogen and oxygen atoms in total. The summed E-state index contributed by atoms with van der Waals surface area (Å²) in [5.41, 5.74) is 1.29. The van der Waals surface area contributed by atoms with Gasteiger partial charge in [-0.3, -0.25) is 4.99 Å². The van der Waals surface area contributed by atoms with Crippen LogP contribution in [0.3, 0.4) is 0 Å². The zero-order chi connectivity index (χ0) is 15.2. The van der Waals surface area contributed by atoms with E-state index in [4.69, 9.17) is 9.47 Å². The van der Waals surface area contributed by atoms with Crippen molar-refractivity contribution in [1.29, 1.82) is 0 Å². The first kappa shape index (κ1) is 18.3. The second-order valence-electron chi connectivity index (χ2n) is 5.86. The van der Waals surface area contributed by atoms with Gasteiger partial charge in [0.2, 0.25) is 0 Å². The van der Waals surface area contributed by atoms with Crippen molar-refractivity contribution < 1.29 is 9.47 Å². The molecule has 0 aromatic heterocycles. The standard InChI is InChI=1S/C17H25N3O2.HI/c1-18-17(20-14-7-9-21-10-8-14)19-12-13-6-11-22-16-5-3-2-4-15(13)16;/h2-5,13-14H,6-12H2,1H3,(H2,18,19,20);1H. The van der Waals surface area contributed by atoms with Crippen LogP contribution in [-0.2, 0) is 4.74 Å². The molecule has 1 aromatic carbocycles. The van der Waals surface area contributed by atoms with E-state index in [9.17, 15) is 0 Å². The third kappa shape index (κ3) is 4.97. The Hall–Kier alpha value is -1.02. The highest BCUT2D eigenvalue weighted by molar-refractivity contribution is 14.0. The van der Waals surface area contributed by atoms with Gasteiger partial charge in [-0.1, -0.05) is 18.2 Å². The van der Waals surface area contributed by atoms with E-state index in [1.807, 2.05) is 13.1 Å². The molecule has 0 radical (unpaired) electrons. The number of nitrogens with one attached hydrogen (secondary N) is 2. The molecule has 0 spiro atoms. The van der Waals surface area contributed by atoms with Gasteiger partial charge >= 0.3 is 0 Å². The summed E-state index contributed by atoms with van der Waals surface area (Å²) in [4.78, 5) is 4.34. The molecule has 128 valence electrons. The zero-order valence-corrected chi connectivity index (χ0v) is 15.9. The normalized spacial score (nSPS) is 21.6. The van der Waals surface area contributed by atoms with E-state index in [0.717, 1.165) is 57.3 Å². The minimum absolute atomic E-state index is 0. The lowest BCUT2D eigenvalue weighted by atomic mass is 9.93. The Labute approximate surface area is 155 Å². The number of nitrogens with zero attached hydrogens (tertiary/aromatic N) is 1. The number of aliphatic imine (C=N–C) groups is 1. The third-order valence-electron chi connectivity index (χ3n) is 4.38. The Kier molecular flexibility index (Phi) is 7.42. The second-order valence-corrected chi connectivity index (χ2v) is 5.86. The lowest BCUT2D eigenvalue weighted by Crippen LogP contribution is -2.46. The molecule has 0 saturated carbocycles. The SMILES string of the molecule is CN=C(NCC1CCOc2ccccc21)NC1CCOCC1.I. The van der Waals surface area contributed by atoms with E-state index in [2.05, 4.69) is 33.8 Å². The Bertz CT molecular complexity index is 518. The molecule has 0 bridgehead atoms. The number of guanidine groups is 1. The highest BCUT2D eigenvalue weighted by Gasteiger charge is 2.21. The van der Waals surface area contributed by atoms with Crippen molar-refractivity contribution in [2.24, 2.45) is 4.99 Å². The zero-order valence-electron chi connectivity index (χ0n) is 13.6. The van der Waals surface area contributed by atoms with E-state index in [1.54, 1.807) is 0 Å². The van der Waals surface area contributed by atoms with E-state index >= 15 is 0 Å². The molecule has 2 aliphatic rings. The quantitative estimate of drug-likeness (QED) is 0.439. The van der Waals surface area contributed by atoms with Crippen LogP contribution in [0.2, 0.25) is 0 Å². The molecule has 2 N–H and O–H groups in total. The van der Waals surface area contributed by atoms with E-state index in [0.29, 0.717) is 12.0 Å². The Morgan fingerprint density at radius 1 is 1.17 bits per heavy atom. The summed E-state index contributed by atoms with van der Waals surface area (Å²) < 4.78 is 11.1. The fourth-order valence-electron chi connectivity index (χ4n) is 3.08. The van der Waals surface area contributed by atoms with Crippen LogP contribution in [-0.4, -0.2) is 45.4 Å². The van der Waals surface area contributed by atoms with Gasteiger partial charge in [0, 0.05) is 38.8 Å². The highest BCUT2D eigenvalue weighted by atomic mass is 127. The van der Waals surface area contributed by atoms with Gasteiger partial charge in [-0.15, -0.1) is 24.0 Å². The van der Waals surface area contributed by atoms with Crippen molar-refractivity contribution in [3.8, 4) is 5.75 Å². The van der Waals surface area contributed by atoms with Gasteiger partial charge in [0.1, 0.15) is 5.75 Å². The van der Waals surface area contributed by atoms with Crippen molar-refractivity contribution in [3.05, 3.63) is 29.8 Å². The Morgan fingerprint density at radius 2 is 1.96 bits per heavy atom. The molecular weight excluding hydrogens is 405 g/mol. The summed E-state index contributed by atoms with van der Waals surface area (Å²) in [6.07, 6.45) is 3.12. The van der Waals surface area contributed by atoms with Crippen LogP contribution in [0.25, 0.3) is 0 Å². The Morgan fingerprint density at radius 3 is 2.74 bits per heavy atom. The van der Waals surface area contributed by atoms with Gasteiger partial charge in [0.15, 0.2) is 5.96 Å². The molecule has 2 heterocycles. The average Bonchev–Trinajstić information content (AvgIpc) is 2.59. The predicted octanol–water partition coefficient (Wildman–Crippen LogP) is 2.51. The smallest absolute Gasteiger partial charge is 0.191 e. The minimum Gasteiger partial charge on any atom is -0.493 e. The number of halogens is 1. The van der Waals surface area contributed by atoms with Gasteiger partial charge in [0.25, 0.3) is 0 Å². The molecule has 1 fully saturated rings. The summed E-state index contributed by atoms with van der Waals surface area (Å²) >= 11 is 0. The van der Waals surface area contributed by atoms with Crippen LogP contribution in [0.1, 0.15) is 30.7 Å². The Balaban J connectivity index is 0.00000192. The van der Waals surface area contributed by atoms with Crippen molar-refractivity contribution >= 4 is 29.9 Å². The molecule has 1 atom stereocenters. The van der Waals surface area contributed by atoms with Gasteiger partial charge in [0.05, 0.1) is 6.61 Å². The molecule has 1 unspecified atom stereocenters. The maximum atomic E-state index is 5.72. The minimum atomic E-state index is 0. The first-order valence-corrected chi connectivity index (χ1v) is 8.13. The van der Waals surface area contributed by atoms with Gasteiger partial charge in [-0.2, -0.15) is 0 Å². The number of rotatable bonds is 3. The maximum absolute atomic E-state index is 5.72. The topological polar surface area (TPSA) is 54.9 Å². The maximum Gasteiger partial charge on any atom is 0.191 e. The highest BCUT2D eigenvalue weighted by Crippen LogP contribution is 2.32. The van der Waals surface area contributed by atoms with Crippen molar-refractivity contribution in [3.63, 3.8) is 0 Å². The lowest BCUT2D eigenvalue weighted by molar-refractivity contribution is 0.0822. The van der Waals surface area contributed by atoms with Crippen LogP contribution in [0.15, 0.2) is 29.3 Å². The van der Waals surface area contributed by atoms with Crippen LogP contribution in [0.4, 0.5) is 0 Å². The third-order valence-corrected chi connectivity index (χ3v) is 4.38. The molecule has 1 saturated heterocycles. The van der Waals surface area contributed by atoms with Gasteiger partial charge in [-0.25, -0.2) is 0 Å². The molecule has 2 aliphatic heterocycles. The fraction of sp³-hybridized carbons (Fsp3) is 0.588. The van der Waals surface area contributed by atoms with E-state index in [1.165, 1.54) is 5.56 Å². The van der Waals surface area contributed by atoms with Crippen molar-refractivity contribution in [1.82, 2.24) is 10.6 Å². The molecule has 0 aliphatic carbocycles. The average molecular weight is 431 g/mol. The fourth-order valence-corrected chi connectivity index (χ4v) is 3.08. The molecule has 23 heavy (non-hydrogen) atoms. The first-order valence-electron chi connectivity index (χ1n) is 8.13. The lowest BCUT2D eigenvalue weighted by Gasteiger charge is -2.28.